The SMILES string of the molecule is C.C.C.C=C(F)C(=O)N1CCN(c2nc(OC[C@@H]3CC(C)(F)CN3C)nc3c2CCN(c2c(C)c(C)cc4[nH]ncc24)C3)CC1.Cc1cc2[nH]ccc2c(N2CCc3c(nc(OC[C@@H]4CC(C)(F)CN4C)nc3N3CCN(C(=O)/C=C/CO)CC3)C2)c1C.Cc1cc2[nH]ncc2c(N2CCc3c(nc(OC[C@@H]4CC(C)(F)CN4C)nc3N3CCN(C(=O)/C=C/CF)CC3)C2)c1C.S.S.S. The van der Waals surface area contributed by atoms with E-state index >= 15 is 0 Å². The van der Waals surface area contributed by atoms with Gasteiger partial charge in [0.1, 0.15) is 61.0 Å². The van der Waals surface area contributed by atoms with Crippen molar-refractivity contribution in [3.05, 3.63) is 147 Å². The van der Waals surface area contributed by atoms with Gasteiger partial charge in [0.15, 0.2) is 5.83 Å². The number of aryl methyl sites for hydroxylation is 3. The van der Waals surface area contributed by atoms with E-state index < -0.39 is 35.4 Å². The van der Waals surface area contributed by atoms with E-state index in [4.69, 9.17) is 49.2 Å². The van der Waals surface area contributed by atoms with Gasteiger partial charge in [0.2, 0.25) is 11.8 Å². The number of allylic oxidation sites excluding steroid dienone is 1. The second-order valence-electron chi connectivity index (χ2n) is 36.8. The van der Waals surface area contributed by atoms with E-state index in [0.717, 1.165) is 129 Å². The lowest BCUT2D eigenvalue weighted by molar-refractivity contribution is -0.129. The Hall–Kier alpha value is -10.3. The van der Waals surface area contributed by atoms with Gasteiger partial charge in [-0.3, -0.25) is 39.3 Å². The van der Waals surface area contributed by atoms with Crippen LogP contribution in [0.3, 0.4) is 0 Å². The second-order valence-corrected chi connectivity index (χ2v) is 36.8. The highest BCUT2D eigenvalue weighted by atomic mass is 32.1. The number of anilines is 6. The van der Waals surface area contributed by atoms with Crippen molar-refractivity contribution >= 4 is 125 Å². The molecule has 38 heteroatoms. The first-order chi connectivity index (χ1) is 61.3. The third-order valence-electron chi connectivity index (χ3n) is 27.2. The average molecular weight is 1920 g/mol. The number of aliphatic hydroxyl groups excluding tert-OH is 1. The van der Waals surface area contributed by atoms with Crippen LogP contribution >= 0.6 is 40.5 Å². The zero-order valence-electron chi connectivity index (χ0n) is 77.1. The molecule has 3 unspecified atom stereocenters. The number of piperazine rings is 3. The zero-order chi connectivity index (χ0) is 90.4. The molecule has 9 aromatic rings. The van der Waals surface area contributed by atoms with Crippen LogP contribution in [0.1, 0.15) is 129 Å². The molecule has 6 saturated heterocycles. The number of carbonyl (C=O) groups is 3. The van der Waals surface area contributed by atoms with Gasteiger partial charge in [-0.15, -0.1) is 0 Å². The summed E-state index contributed by atoms with van der Waals surface area (Å²) in [6.45, 7) is 32.6. The Morgan fingerprint density at radius 2 is 0.806 bits per heavy atom. The molecular weight excluding hydrogens is 1780 g/mol. The highest BCUT2D eigenvalue weighted by Crippen LogP contribution is 2.43. The van der Waals surface area contributed by atoms with Crippen molar-refractivity contribution in [1.29, 1.82) is 0 Å². The summed E-state index contributed by atoms with van der Waals surface area (Å²) >= 11 is 0. The first-order valence-corrected chi connectivity index (χ1v) is 44.7. The molecule has 9 aliphatic rings. The summed E-state index contributed by atoms with van der Waals surface area (Å²) in [4.78, 5) is 94.5. The molecule has 0 radical (unpaired) electrons. The predicted octanol–water partition coefficient (Wildman–Crippen LogP) is 12.4. The summed E-state index contributed by atoms with van der Waals surface area (Å²) < 4.78 is 88.7. The molecule has 4 N–H and O–H groups in total. The van der Waals surface area contributed by atoms with E-state index in [1.807, 2.05) is 54.4 Å². The quantitative estimate of drug-likeness (QED) is 0.0407. The normalized spacial score (nSPS) is 22.0. The molecule has 0 spiro atoms. The van der Waals surface area contributed by atoms with Crippen molar-refractivity contribution in [3.8, 4) is 18.0 Å². The van der Waals surface area contributed by atoms with Gasteiger partial charge in [0, 0.05) is 218 Å². The van der Waals surface area contributed by atoms with Gasteiger partial charge in [0.05, 0.1) is 78.1 Å². The fourth-order valence-corrected chi connectivity index (χ4v) is 20.2. The smallest absolute Gasteiger partial charge is 0.318 e. The lowest BCUT2D eigenvalue weighted by atomic mass is 9.99. The molecule has 0 aliphatic carbocycles. The van der Waals surface area contributed by atoms with E-state index in [-0.39, 0.29) is 118 Å². The summed E-state index contributed by atoms with van der Waals surface area (Å²) in [5, 5.41) is 27.2. The van der Waals surface area contributed by atoms with Crippen LogP contribution in [0.2, 0.25) is 0 Å². The molecule has 134 heavy (non-hydrogen) atoms. The number of H-pyrrole nitrogens is 3. The topological polar surface area (TPSA) is 288 Å². The largest absolute Gasteiger partial charge is 0.462 e. The predicted molar refractivity (Wildman–Crippen MR) is 537 cm³/mol. The Balaban J connectivity index is 0.000000204. The van der Waals surface area contributed by atoms with E-state index in [0.29, 0.717) is 156 Å². The van der Waals surface area contributed by atoms with E-state index in [9.17, 15) is 36.3 Å². The van der Waals surface area contributed by atoms with Gasteiger partial charge < -0.3 is 68.4 Å². The van der Waals surface area contributed by atoms with Crippen LogP contribution in [0, 0.1) is 41.5 Å². The van der Waals surface area contributed by atoms with Crippen LogP contribution in [-0.4, -0.2) is 315 Å². The lowest BCUT2D eigenvalue weighted by Crippen LogP contribution is -2.49. The lowest BCUT2D eigenvalue weighted by Gasteiger charge is -2.38. The van der Waals surface area contributed by atoms with Crippen molar-refractivity contribution < 1.29 is 55.7 Å². The molecule has 9 aliphatic heterocycles. The number of aromatic nitrogens is 11. The zero-order valence-corrected chi connectivity index (χ0v) is 80.1. The van der Waals surface area contributed by atoms with E-state index in [2.05, 4.69) is 127 Å². The number of alkyl halides is 4. The van der Waals surface area contributed by atoms with E-state index in [1.54, 1.807) is 30.6 Å². The number of amides is 3. The average Bonchev–Trinajstić information content (AvgIpc) is 1.29. The molecule has 0 saturated carbocycles. The molecule has 6 aromatic heterocycles. The van der Waals surface area contributed by atoms with Crippen molar-refractivity contribution in [2.45, 2.75) is 178 Å². The first-order valence-electron chi connectivity index (χ1n) is 44.7. The number of likely N-dealkylation sites (N-methyl/N-ethyl adjacent to an activating group) is 3. The summed E-state index contributed by atoms with van der Waals surface area (Å²) in [6.07, 6.45) is 14.6. The number of fused-ring (bicyclic) bond motifs is 6. The highest BCUT2D eigenvalue weighted by molar-refractivity contribution is 7.59. The third-order valence-corrected chi connectivity index (χ3v) is 27.2. The van der Waals surface area contributed by atoms with Crippen LogP contribution in [0.4, 0.5) is 56.5 Å². The van der Waals surface area contributed by atoms with Gasteiger partial charge in [0.25, 0.3) is 5.91 Å². The Morgan fingerprint density at radius 3 is 1.13 bits per heavy atom. The Morgan fingerprint density at radius 1 is 0.478 bits per heavy atom. The van der Waals surface area contributed by atoms with Crippen LogP contribution in [-0.2, 0) is 53.3 Å². The molecule has 6 fully saturated rings. The maximum Gasteiger partial charge on any atom is 0.318 e. The molecule has 15 heterocycles. The number of carbonyl (C=O) groups excluding carboxylic acids is 3. The summed E-state index contributed by atoms with van der Waals surface area (Å²) in [6, 6.07) is 9.26. The van der Waals surface area contributed by atoms with Gasteiger partial charge in [-0.1, -0.05) is 34.9 Å². The number of aromatic amines is 3. The Labute approximate surface area is 805 Å². The minimum atomic E-state index is -1.25. The van der Waals surface area contributed by atoms with Crippen molar-refractivity contribution in [1.82, 2.24) is 84.7 Å². The minimum Gasteiger partial charge on any atom is -0.462 e. The molecule has 30 nitrogen and oxygen atoms in total. The summed E-state index contributed by atoms with van der Waals surface area (Å²) in [5.74, 6) is 0.586. The molecule has 0 bridgehead atoms. The number of benzene rings is 3. The number of nitrogens with zero attached hydrogens (tertiary/aromatic N) is 20. The van der Waals surface area contributed by atoms with Crippen molar-refractivity contribution in [2.24, 2.45) is 0 Å². The van der Waals surface area contributed by atoms with Gasteiger partial charge in [-0.25, -0.2) is 22.0 Å². The number of nitrogens with one attached hydrogen (secondary N) is 3. The van der Waals surface area contributed by atoms with E-state index in [1.165, 1.54) is 73.7 Å². The van der Waals surface area contributed by atoms with Crippen LogP contribution in [0.5, 0.6) is 18.0 Å². The van der Waals surface area contributed by atoms with Crippen LogP contribution in [0.15, 0.2) is 79.6 Å². The molecular formula is C96H138F5N23O7S3. The molecule has 3 aromatic carbocycles. The summed E-state index contributed by atoms with van der Waals surface area (Å²) in [5.41, 5.74) is 16.2. The number of ether oxygens (including phenoxy) is 3. The standard InChI is InChI=1S/C32H42FN7O3.C31H40F2N8O2.C30H38F2N8O2.3CH4.3H2S/c1-21-16-26-24(7-9-34-26)29(22(21)2)40-10-8-25-27(18-40)35-31(43-19-23-17-32(3,33)20-37(23)4)36-30(25)39-13-11-38(12-14-39)28(42)6-5-15-41;1-20-14-25-24(16-34-37-25)28(21(20)2)41-9-7-23-26(17-41)35-30(43-18-22-15-31(3,33)19-38(22)4)36-29(23)40-12-10-39(11-13-40)27(42)6-5-8-32;1-18-12-24-23(14-33-36-24)26(19(18)2)40-7-6-22-25(15-40)34-29(42-16-21-13-30(4,32)17-37(21)5)35-27(22)38-8-10-39(11-9-38)28(41)20(3)31;;;;;;/h5-7,9,16,23,34,41H,8,10-15,17-20H2,1-4H3;5-6,14,16,22H,7-13,15,17-19H2,1-4H3,(H,34,37);12,14,21H,3,6-11,13,15-17H2,1-2,4-5H3,(H,33,36);3*1H4;3*1H2/b2*6-5+;;;;;;;/t23-,32?;22-,31?;21-,30?;;;;;;/m000....../s1. The molecule has 18 rings (SSSR count). The number of hydrogen-bond acceptors (Lipinski definition) is 24. The van der Waals surface area contributed by atoms with Crippen molar-refractivity contribution in [2.75, 3.05) is 201 Å². The second kappa shape index (κ2) is 44.3. The monoisotopic (exact) mass is 1920 g/mol. The highest BCUT2D eigenvalue weighted by Gasteiger charge is 2.44. The summed E-state index contributed by atoms with van der Waals surface area (Å²) in [7, 11) is 5.75. The molecule has 3 amide bonds. The van der Waals surface area contributed by atoms with Gasteiger partial charge in [-0.05, 0) is 166 Å². The fraction of sp³-hybridized carbons (Fsp3) is 0.552. The third kappa shape index (κ3) is 23.0. The molecule has 732 valence electrons. The number of aliphatic hydroxyl groups is 1. The molecule has 6 atom stereocenters. The van der Waals surface area contributed by atoms with Gasteiger partial charge in [-0.2, -0.15) is 80.6 Å². The van der Waals surface area contributed by atoms with Crippen LogP contribution < -0.4 is 43.6 Å². The number of hydrogen-bond donors (Lipinski definition) is 4. The Kier molecular flexibility index (Phi) is 35.0. The van der Waals surface area contributed by atoms with Gasteiger partial charge >= 0.3 is 18.0 Å². The fourth-order valence-electron chi connectivity index (χ4n) is 20.2. The maximum atomic E-state index is 14.7. The first kappa shape index (κ1) is 106. The minimum absolute atomic E-state index is 0. The van der Waals surface area contributed by atoms with Crippen molar-refractivity contribution in [3.63, 3.8) is 0 Å². The number of halogens is 5. The van der Waals surface area contributed by atoms with Crippen LogP contribution in [0.25, 0.3) is 32.7 Å². The maximum absolute atomic E-state index is 14.7. The number of likely N-dealkylation sites (tertiary alicyclic amines) is 3. The number of rotatable bonds is 20. The Bertz CT molecular complexity index is 5470.